The van der Waals surface area contributed by atoms with Crippen molar-refractivity contribution in [2.24, 2.45) is 11.7 Å². The van der Waals surface area contributed by atoms with Crippen molar-refractivity contribution in [1.29, 1.82) is 0 Å². The Labute approximate surface area is 96.0 Å². The van der Waals surface area contributed by atoms with Crippen molar-refractivity contribution in [3.8, 4) is 0 Å². The number of fused-ring (bicyclic) bond motifs is 1. The first-order valence-electron chi connectivity index (χ1n) is 5.80. The maximum atomic E-state index is 11.7. The van der Waals surface area contributed by atoms with Crippen LogP contribution in [0.5, 0.6) is 0 Å². The summed E-state index contributed by atoms with van der Waals surface area (Å²) in [4.78, 5) is 11.7. The summed E-state index contributed by atoms with van der Waals surface area (Å²) in [6.07, 6.45) is 2.06. The van der Waals surface area contributed by atoms with Crippen LogP contribution in [0.3, 0.4) is 0 Å². The average molecular weight is 218 g/mol. The SMILES string of the molecule is CC(CN)C(=O)NC1CCc2ccccc21. The third kappa shape index (κ3) is 2.09. The lowest BCUT2D eigenvalue weighted by atomic mass is 10.1. The lowest BCUT2D eigenvalue weighted by Gasteiger charge is -2.16. The van der Waals surface area contributed by atoms with Gasteiger partial charge in [0.2, 0.25) is 5.91 Å². The largest absolute Gasteiger partial charge is 0.349 e. The number of hydrogen-bond acceptors (Lipinski definition) is 2. The monoisotopic (exact) mass is 218 g/mol. The zero-order valence-electron chi connectivity index (χ0n) is 9.57. The highest BCUT2D eigenvalue weighted by Crippen LogP contribution is 2.30. The minimum atomic E-state index is -0.104. The van der Waals surface area contributed by atoms with Crippen LogP contribution in [0.2, 0.25) is 0 Å². The molecule has 0 aromatic heterocycles. The van der Waals surface area contributed by atoms with E-state index < -0.39 is 0 Å². The second-order valence-electron chi connectivity index (χ2n) is 4.44. The Bertz CT molecular complexity index is 389. The van der Waals surface area contributed by atoms with Gasteiger partial charge in [0.15, 0.2) is 0 Å². The van der Waals surface area contributed by atoms with Crippen molar-refractivity contribution in [3.05, 3.63) is 35.4 Å². The zero-order valence-corrected chi connectivity index (χ0v) is 9.57. The quantitative estimate of drug-likeness (QED) is 0.805. The molecule has 0 bridgehead atoms. The van der Waals surface area contributed by atoms with Crippen molar-refractivity contribution in [3.63, 3.8) is 0 Å². The molecule has 1 aliphatic rings. The van der Waals surface area contributed by atoms with Gasteiger partial charge in [0.25, 0.3) is 0 Å². The van der Waals surface area contributed by atoms with Gasteiger partial charge in [-0.2, -0.15) is 0 Å². The van der Waals surface area contributed by atoms with Crippen LogP contribution in [0.15, 0.2) is 24.3 Å². The number of aryl methyl sites for hydroxylation is 1. The summed E-state index contributed by atoms with van der Waals surface area (Å²) in [5.74, 6) is -0.0445. The number of nitrogens with one attached hydrogen (secondary N) is 1. The summed E-state index contributed by atoms with van der Waals surface area (Å²) < 4.78 is 0. The standard InChI is InChI=1S/C13H18N2O/c1-9(8-14)13(16)15-12-7-6-10-4-2-3-5-11(10)12/h2-5,9,12H,6-8,14H2,1H3,(H,15,16). The molecule has 1 aromatic rings. The van der Waals surface area contributed by atoms with Crippen LogP contribution in [0.4, 0.5) is 0 Å². The molecule has 3 N–H and O–H groups in total. The number of nitrogens with two attached hydrogens (primary N) is 1. The maximum absolute atomic E-state index is 11.7. The second-order valence-corrected chi connectivity index (χ2v) is 4.44. The zero-order chi connectivity index (χ0) is 11.5. The molecule has 2 rings (SSSR count). The van der Waals surface area contributed by atoms with Crippen LogP contribution in [0, 0.1) is 5.92 Å². The van der Waals surface area contributed by atoms with E-state index in [1.165, 1.54) is 11.1 Å². The van der Waals surface area contributed by atoms with Gasteiger partial charge in [0.05, 0.1) is 6.04 Å². The fourth-order valence-electron chi connectivity index (χ4n) is 2.13. The number of rotatable bonds is 3. The topological polar surface area (TPSA) is 55.1 Å². The van der Waals surface area contributed by atoms with E-state index in [1.807, 2.05) is 19.1 Å². The molecule has 16 heavy (non-hydrogen) atoms. The summed E-state index contributed by atoms with van der Waals surface area (Å²) in [7, 11) is 0. The van der Waals surface area contributed by atoms with Gasteiger partial charge >= 0.3 is 0 Å². The van der Waals surface area contributed by atoms with E-state index in [1.54, 1.807) is 0 Å². The number of carbonyl (C=O) groups excluding carboxylic acids is 1. The molecule has 0 aliphatic heterocycles. The summed E-state index contributed by atoms with van der Waals surface area (Å²) in [6.45, 7) is 2.26. The smallest absolute Gasteiger partial charge is 0.224 e. The van der Waals surface area contributed by atoms with Gasteiger partial charge in [0, 0.05) is 12.5 Å². The molecule has 0 radical (unpaired) electrons. The van der Waals surface area contributed by atoms with Crippen LogP contribution < -0.4 is 11.1 Å². The first-order chi connectivity index (χ1) is 7.72. The van der Waals surface area contributed by atoms with Crippen LogP contribution in [-0.2, 0) is 11.2 Å². The molecule has 86 valence electrons. The van der Waals surface area contributed by atoms with E-state index in [-0.39, 0.29) is 17.9 Å². The average Bonchev–Trinajstić information content (AvgIpc) is 2.72. The first-order valence-corrected chi connectivity index (χ1v) is 5.80. The molecule has 1 amide bonds. The van der Waals surface area contributed by atoms with Gasteiger partial charge in [0.1, 0.15) is 0 Å². The summed E-state index contributed by atoms with van der Waals surface area (Å²) in [6, 6.07) is 8.48. The van der Waals surface area contributed by atoms with E-state index >= 15 is 0 Å². The Balaban J connectivity index is 2.06. The predicted molar refractivity (Wildman–Crippen MR) is 63.9 cm³/mol. The highest BCUT2D eigenvalue weighted by molar-refractivity contribution is 5.79. The van der Waals surface area contributed by atoms with Crippen molar-refractivity contribution in [1.82, 2.24) is 5.32 Å². The van der Waals surface area contributed by atoms with Crippen LogP contribution in [-0.4, -0.2) is 12.5 Å². The molecule has 0 fully saturated rings. The molecule has 3 heteroatoms. The van der Waals surface area contributed by atoms with Crippen LogP contribution in [0.25, 0.3) is 0 Å². The third-order valence-electron chi connectivity index (χ3n) is 3.25. The highest BCUT2D eigenvalue weighted by Gasteiger charge is 2.24. The summed E-state index contributed by atoms with van der Waals surface area (Å²) in [5.41, 5.74) is 8.10. The molecular weight excluding hydrogens is 200 g/mol. The molecule has 1 aliphatic carbocycles. The minimum absolute atomic E-state index is 0.0594. The molecule has 0 spiro atoms. The van der Waals surface area contributed by atoms with E-state index in [2.05, 4.69) is 17.4 Å². The van der Waals surface area contributed by atoms with Crippen molar-refractivity contribution in [2.75, 3.05) is 6.54 Å². The van der Waals surface area contributed by atoms with E-state index in [0.717, 1.165) is 12.8 Å². The van der Waals surface area contributed by atoms with Crippen molar-refractivity contribution in [2.45, 2.75) is 25.8 Å². The number of carbonyl (C=O) groups is 1. The Morgan fingerprint density at radius 2 is 2.31 bits per heavy atom. The Morgan fingerprint density at radius 1 is 1.56 bits per heavy atom. The van der Waals surface area contributed by atoms with E-state index in [4.69, 9.17) is 5.73 Å². The van der Waals surface area contributed by atoms with Gasteiger partial charge in [-0.05, 0) is 24.0 Å². The Hall–Kier alpha value is -1.35. The van der Waals surface area contributed by atoms with Gasteiger partial charge in [-0.15, -0.1) is 0 Å². The van der Waals surface area contributed by atoms with Crippen molar-refractivity contribution >= 4 is 5.91 Å². The Kier molecular flexibility index (Phi) is 3.25. The predicted octanol–water partition coefficient (Wildman–Crippen LogP) is 1.38. The third-order valence-corrected chi connectivity index (χ3v) is 3.25. The van der Waals surface area contributed by atoms with Crippen LogP contribution >= 0.6 is 0 Å². The normalized spacial score (nSPS) is 20.2. The van der Waals surface area contributed by atoms with E-state index in [9.17, 15) is 4.79 Å². The lowest BCUT2D eigenvalue weighted by molar-refractivity contribution is -0.124. The summed E-state index contributed by atoms with van der Waals surface area (Å²) >= 11 is 0. The molecule has 3 nitrogen and oxygen atoms in total. The molecule has 2 atom stereocenters. The molecular formula is C13H18N2O. The second kappa shape index (κ2) is 4.66. The highest BCUT2D eigenvalue weighted by atomic mass is 16.1. The molecule has 1 aromatic carbocycles. The first kappa shape index (κ1) is 11.1. The van der Waals surface area contributed by atoms with Gasteiger partial charge < -0.3 is 11.1 Å². The fraction of sp³-hybridized carbons (Fsp3) is 0.462. The molecule has 0 heterocycles. The number of hydrogen-bond donors (Lipinski definition) is 2. The van der Waals surface area contributed by atoms with Gasteiger partial charge in [-0.1, -0.05) is 31.2 Å². The van der Waals surface area contributed by atoms with Gasteiger partial charge in [-0.3, -0.25) is 4.79 Å². The maximum Gasteiger partial charge on any atom is 0.224 e. The Morgan fingerprint density at radius 3 is 3.06 bits per heavy atom. The molecule has 0 saturated carbocycles. The molecule has 0 saturated heterocycles. The fourth-order valence-corrected chi connectivity index (χ4v) is 2.13. The molecule has 2 unspecified atom stereocenters. The van der Waals surface area contributed by atoms with Crippen molar-refractivity contribution < 1.29 is 4.79 Å². The number of amides is 1. The number of benzene rings is 1. The van der Waals surface area contributed by atoms with E-state index in [0.29, 0.717) is 6.54 Å². The lowest BCUT2D eigenvalue weighted by Crippen LogP contribution is -2.35. The van der Waals surface area contributed by atoms with Crippen LogP contribution in [0.1, 0.15) is 30.5 Å². The summed E-state index contributed by atoms with van der Waals surface area (Å²) in [5, 5.41) is 3.07. The van der Waals surface area contributed by atoms with Gasteiger partial charge in [-0.25, -0.2) is 0 Å². The minimum Gasteiger partial charge on any atom is -0.349 e.